The van der Waals surface area contributed by atoms with E-state index >= 15 is 0 Å². The van der Waals surface area contributed by atoms with Crippen molar-refractivity contribution in [3.63, 3.8) is 0 Å². The summed E-state index contributed by atoms with van der Waals surface area (Å²) >= 11 is 5.22. The van der Waals surface area contributed by atoms with Gasteiger partial charge in [-0.15, -0.1) is 0 Å². The number of hydrogen-bond donors (Lipinski definition) is 2. The van der Waals surface area contributed by atoms with Gasteiger partial charge in [-0.1, -0.05) is 28.1 Å². The lowest BCUT2D eigenvalue weighted by atomic mass is 9.96. The zero-order chi connectivity index (χ0) is 14.6. The summed E-state index contributed by atoms with van der Waals surface area (Å²) in [6.45, 7) is 0.690. The van der Waals surface area contributed by atoms with Crippen molar-refractivity contribution < 1.29 is 4.79 Å². The average Bonchev–Trinajstić information content (AvgIpc) is 3.23. The summed E-state index contributed by atoms with van der Waals surface area (Å²) in [6, 6.07) is 7.97. The van der Waals surface area contributed by atoms with E-state index < -0.39 is 0 Å². The molecular formula is C15H21BrN2OS. The number of hydrogen-bond acceptors (Lipinski definition) is 3. The van der Waals surface area contributed by atoms with Crippen LogP contribution in [-0.4, -0.2) is 30.5 Å². The lowest BCUT2D eigenvalue weighted by molar-refractivity contribution is -0.122. The van der Waals surface area contributed by atoms with Gasteiger partial charge in [-0.2, -0.15) is 11.8 Å². The van der Waals surface area contributed by atoms with Gasteiger partial charge in [-0.25, -0.2) is 0 Å². The van der Waals surface area contributed by atoms with Gasteiger partial charge < -0.3 is 11.1 Å². The van der Waals surface area contributed by atoms with E-state index in [2.05, 4.69) is 33.4 Å². The molecule has 0 saturated heterocycles. The topological polar surface area (TPSA) is 55.1 Å². The van der Waals surface area contributed by atoms with Gasteiger partial charge in [0, 0.05) is 16.4 Å². The molecule has 110 valence electrons. The second kappa shape index (κ2) is 6.96. The number of carbonyl (C=O) groups is 1. The molecule has 3 nitrogen and oxygen atoms in total. The normalized spacial score (nSPS) is 17.6. The molecule has 2 rings (SSSR count). The Hall–Kier alpha value is -0.520. The van der Waals surface area contributed by atoms with Gasteiger partial charge >= 0.3 is 0 Å². The molecule has 0 aliphatic heterocycles. The van der Waals surface area contributed by atoms with Crippen molar-refractivity contribution >= 4 is 33.6 Å². The first-order valence-electron chi connectivity index (χ1n) is 6.86. The van der Waals surface area contributed by atoms with Crippen molar-refractivity contribution in [3.8, 4) is 0 Å². The zero-order valence-electron chi connectivity index (χ0n) is 11.7. The Morgan fingerprint density at radius 2 is 2.30 bits per heavy atom. The standard InChI is InChI=1S/C15H21BrN2OS/c1-20-8-5-13(17)14(19)18-10-15(6-7-15)11-3-2-4-12(16)9-11/h2-4,9,13H,5-8,10,17H2,1H3,(H,18,19)/t13-/m0/s1. The molecule has 0 bridgehead atoms. The Balaban J connectivity index is 1.89. The molecule has 1 aromatic rings. The van der Waals surface area contributed by atoms with E-state index in [0.717, 1.165) is 29.5 Å². The van der Waals surface area contributed by atoms with Gasteiger partial charge in [0.25, 0.3) is 0 Å². The molecule has 1 aromatic carbocycles. The fourth-order valence-corrected chi connectivity index (χ4v) is 3.19. The number of halogens is 1. The van der Waals surface area contributed by atoms with E-state index in [1.807, 2.05) is 18.4 Å². The number of thioether (sulfide) groups is 1. The molecule has 1 saturated carbocycles. The number of carbonyl (C=O) groups excluding carboxylic acids is 1. The van der Waals surface area contributed by atoms with Crippen LogP contribution in [-0.2, 0) is 10.2 Å². The van der Waals surface area contributed by atoms with E-state index in [0.29, 0.717) is 6.54 Å². The summed E-state index contributed by atoms with van der Waals surface area (Å²) < 4.78 is 1.09. The molecule has 3 N–H and O–H groups in total. The van der Waals surface area contributed by atoms with Gasteiger partial charge in [-0.05, 0) is 49.0 Å². The number of nitrogens with one attached hydrogen (secondary N) is 1. The third-order valence-electron chi connectivity index (χ3n) is 3.86. The van der Waals surface area contributed by atoms with Crippen LogP contribution < -0.4 is 11.1 Å². The van der Waals surface area contributed by atoms with Crippen molar-refractivity contribution in [3.05, 3.63) is 34.3 Å². The highest BCUT2D eigenvalue weighted by molar-refractivity contribution is 9.10. The molecule has 1 atom stereocenters. The lowest BCUT2D eigenvalue weighted by Crippen LogP contribution is -2.43. The summed E-state index contributed by atoms with van der Waals surface area (Å²) in [4.78, 5) is 12.0. The smallest absolute Gasteiger partial charge is 0.236 e. The molecule has 20 heavy (non-hydrogen) atoms. The number of nitrogens with two attached hydrogens (primary N) is 1. The van der Waals surface area contributed by atoms with Crippen LogP contribution in [0.1, 0.15) is 24.8 Å². The van der Waals surface area contributed by atoms with Crippen molar-refractivity contribution in [2.75, 3.05) is 18.6 Å². The molecule has 0 unspecified atom stereocenters. The summed E-state index contributed by atoms with van der Waals surface area (Å²) in [6.07, 6.45) is 5.02. The van der Waals surface area contributed by atoms with Crippen molar-refractivity contribution in [1.29, 1.82) is 0 Å². The number of rotatable bonds is 7. The highest BCUT2D eigenvalue weighted by atomic mass is 79.9. The first-order chi connectivity index (χ1) is 9.57. The molecule has 0 spiro atoms. The third-order valence-corrected chi connectivity index (χ3v) is 5.00. The summed E-state index contributed by atoms with van der Waals surface area (Å²) in [5.41, 5.74) is 7.30. The fraction of sp³-hybridized carbons (Fsp3) is 0.533. The van der Waals surface area contributed by atoms with Crippen LogP contribution in [0.3, 0.4) is 0 Å². The molecule has 1 fully saturated rings. The van der Waals surface area contributed by atoms with E-state index in [1.165, 1.54) is 5.56 Å². The minimum absolute atomic E-state index is 0.0275. The van der Waals surface area contributed by atoms with Crippen LogP contribution >= 0.6 is 27.7 Å². The minimum atomic E-state index is -0.388. The Kier molecular flexibility index (Phi) is 5.52. The van der Waals surface area contributed by atoms with Crippen LogP contribution in [0.25, 0.3) is 0 Å². The van der Waals surface area contributed by atoms with Crippen LogP contribution in [0, 0.1) is 0 Å². The minimum Gasteiger partial charge on any atom is -0.354 e. The van der Waals surface area contributed by atoms with Crippen molar-refractivity contribution in [2.45, 2.75) is 30.7 Å². The van der Waals surface area contributed by atoms with Gasteiger partial charge in [0.1, 0.15) is 0 Å². The van der Waals surface area contributed by atoms with Gasteiger partial charge in [0.15, 0.2) is 0 Å². The van der Waals surface area contributed by atoms with E-state index in [4.69, 9.17) is 5.73 Å². The quantitative estimate of drug-likeness (QED) is 0.789. The Labute approximate surface area is 133 Å². The monoisotopic (exact) mass is 356 g/mol. The van der Waals surface area contributed by atoms with Crippen molar-refractivity contribution in [1.82, 2.24) is 5.32 Å². The van der Waals surface area contributed by atoms with Crippen LogP contribution in [0.2, 0.25) is 0 Å². The van der Waals surface area contributed by atoms with Gasteiger partial charge in [0.05, 0.1) is 6.04 Å². The fourth-order valence-electron chi connectivity index (χ4n) is 2.30. The molecule has 1 amide bonds. The number of benzene rings is 1. The van der Waals surface area contributed by atoms with E-state index in [9.17, 15) is 4.79 Å². The number of amides is 1. The predicted octanol–water partition coefficient (Wildman–Crippen LogP) is 2.68. The first kappa shape index (κ1) is 15.9. The van der Waals surface area contributed by atoms with Crippen LogP contribution in [0.15, 0.2) is 28.7 Å². The molecule has 1 aliphatic rings. The molecular weight excluding hydrogens is 336 g/mol. The molecule has 0 aromatic heterocycles. The van der Waals surface area contributed by atoms with Crippen molar-refractivity contribution in [2.24, 2.45) is 5.73 Å². The molecule has 1 aliphatic carbocycles. The lowest BCUT2D eigenvalue weighted by Gasteiger charge is -2.19. The highest BCUT2D eigenvalue weighted by Gasteiger charge is 2.44. The average molecular weight is 357 g/mol. The molecule has 5 heteroatoms. The van der Waals surface area contributed by atoms with Gasteiger partial charge in [-0.3, -0.25) is 4.79 Å². The second-order valence-corrected chi connectivity index (χ2v) is 7.30. The second-order valence-electron chi connectivity index (χ2n) is 5.40. The summed E-state index contributed by atoms with van der Waals surface area (Å²) in [7, 11) is 0. The SMILES string of the molecule is CSCC[C@H](N)C(=O)NCC1(c2cccc(Br)c2)CC1. The first-order valence-corrected chi connectivity index (χ1v) is 9.04. The maximum atomic E-state index is 12.0. The largest absolute Gasteiger partial charge is 0.354 e. The Bertz CT molecular complexity index is 477. The van der Waals surface area contributed by atoms with Crippen LogP contribution in [0.5, 0.6) is 0 Å². The predicted molar refractivity (Wildman–Crippen MR) is 89.0 cm³/mol. The Morgan fingerprint density at radius 3 is 2.90 bits per heavy atom. The highest BCUT2D eigenvalue weighted by Crippen LogP contribution is 2.48. The van der Waals surface area contributed by atoms with E-state index in [1.54, 1.807) is 11.8 Å². The molecule has 0 radical (unpaired) electrons. The maximum absolute atomic E-state index is 12.0. The Morgan fingerprint density at radius 1 is 1.55 bits per heavy atom. The third kappa shape index (κ3) is 3.99. The zero-order valence-corrected chi connectivity index (χ0v) is 14.1. The molecule has 0 heterocycles. The van der Waals surface area contributed by atoms with E-state index in [-0.39, 0.29) is 17.4 Å². The summed E-state index contributed by atoms with van der Waals surface area (Å²) in [5.74, 6) is 0.895. The summed E-state index contributed by atoms with van der Waals surface area (Å²) in [5, 5.41) is 3.02. The maximum Gasteiger partial charge on any atom is 0.236 e. The van der Waals surface area contributed by atoms with Gasteiger partial charge in [0.2, 0.25) is 5.91 Å². The van der Waals surface area contributed by atoms with Crippen LogP contribution in [0.4, 0.5) is 0 Å².